The van der Waals surface area contributed by atoms with Crippen molar-refractivity contribution in [3.05, 3.63) is 59.4 Å². The number of likely N-dealkylation sites (tertiary alicyclic amines) is 1. The summed E-state index contributed by atoms with van der Waals surface area (Å²) in [4.78, 5) is 30.3. The highest BCUT2D eigenvalue weighted by molar-refractivity contribution is 6.02. The highest BCUT2D eigenvalue weighted by atomic mass is 19.4. The monoisotopic (exact) mass is 377 g/mol. The Hall–Kier alpha value is -2.90. The molecule has 1 aromatic heterocycles. The predicted octanol–water partition coefficient (Wildman–Crippen LogP) is 3.65. The third kappa shape index (κ3) is 4.10. The number of amides is 2. The molecule has 142 valence electrons. The third-order valence-corrected chi connectivity index (χ3v) is 4.46. The maximum Gasteiger partial charge on any atom is 0.433 e. The van der Waals surface area contributed by atoms with Gasteiger partial charge in [0.1, 0.15) is 11.7 Å². The standard InChI is InChI=1S/C19H18F3N3O2/c1-12-14(9-10-16(23-12)19(20,21)22)18(27)25-11-5-8-15(25)17(26)24-13-6-3-2-4-7-13/h2-4,6-7,9-10,15H,5,8,11H2,1H3,(H,24,26)/t15-/m0/s1. The maximum atomic E-state index is 12.8. The zero-order valence-electron chi connectivity index (χ0n) is 14.6. The van der Waals surface area contributed by atoms with E-state index in [9.17, 15) is 22.8 Å². The number of anilines is 1. The van der Waals surface area contributed by atoms with Gasteiger partial charge in [0.05, 0.1) is 11.3 Å². The Kier molecular flexibility index (Phi) is 5.16. The molecule has 1 atom stereocenters. The van der Waals surface area contributed by atoms with Crippen molar-refractivity contribution in [2.24, 2.45) is 0 Å². The lowest BCUT2D eigenvalue weighted by Gasteiger charge is -2.24. The summed E-state index contributed by atoms with van der Waals surface area (Å²) in [5.74, 6) is -0.802. The molecule has 0 bridgehead atoms. The molecule has 1 N–H and O–H groups in total. The Bertz CT molecular complexity index is 853. The minimum atomic E-state index is -4.57. The van der Waals surface area contributed by atoms with Crippen molar-refractivity contribution in [1.82, 2.24) is 9.88 Å². The number of hydrogen-bond donors (Lipinski definition) is 1. The van der Waals surface area contributed by atoms with E-state index in [0.29, 0.717) is 25.1 Å². The molecule has 3 rings (SSSR count). The van der Waals surface area contributed by atoms with Crippen LogP contribution in [0, 0.1) is 6.92 Å². The highest BCUT2D eigenvalue weighted by Crippen LogP contribution is 2.29. The molecule has 27 heavy (non-hydrogen) atoms. The normalized spacial score (nSPS) is 17.0. The topological polar surface area (TPSA) is 62.3 Å². The molecule has 0 saturated carbocycles. The molecule has 1 aliphatic rings. The average molecular weight is 377 g/mol. The van der Waals surface area contributed by atoms with E-state index in [4.69, 9.17) is 0 Å². The smallest absolute Gasteiger partial charge is 0.327 e. The van der Waals surface area contributed by atoms with Crippen molar-refractivity contribution >= 4 is 17.5 Å². The van der Waals surface area contributed by atoms with Gasteiger partial charge in [-0.05, 0) is 44.0 Å². The zero-order chi connectivity index (χ0) is 19.6. The van der Waals surface area contributed by atoms with Crippen LogP contribution in [0.3, 0.4) is 0 Å². The Labute approximate surface area is 154 Å². The van der Waals surface area contributed by atoms with Crippen LogP contribution in [0.25, 0.3) is 0 Å². The van der Waals surface area contributed by atoms with Gasteiger partial charge in [0, 0.05) is 12.2 Å². The quantitative estimate of drug-likeness (QED) is 0.888. The van der Waals surface area contributed by atoms with Crippen LogP contribution in [0.15, 0.2) is 42.5 Å². The number of hydrogen-bond acceptors (Lipinski definition) is 3. The molecule has 1 fully saturated rings. The third-order valence-electron chi connectivity index (χ3n) is 4.46. The molecular formula is C19H18F3N3O2. The summed E-state index contributed by atoms with van der Waals surface area (Å²) >= 11 is 0. The van der Waals surface area contributed by atoms with Gasteiger partial charge in [0.15, 0.2) is 0 Å². The molecule has 2 heterocycles. The molecule has 5 nitrogen and oxygen atoms in total. The molecule has 0 aliphatic carbocycles. The van der Waals surface area contributed by atoms with E-state index in [-0.39, 0.29) is 17.2 Å². The van der Waals surface area contributed by atoms with Crippen molar-refractivity contribution in [2.75, 3.05) is 11.9 Å². The fourth-order valence-electron chi connectivity index (χ4n) is 3.13. The van der Waals surface area contributed by atoms with E-state index in [1.54, 1.807) is 24.3 Å². The lowest BCUT2D eigenvalue weighted by Crippen LogP contribution is -2.43. The summed E-state index contributed by atoms with van der Waals surface area (Å²) < 4.78 is 38.3. The number of aryl methyl sites for hydroxylation is 1. The SMILES string of the molecule is Cc1nc(C(F)(F)F)ccc1C(=O)N1CCC[C@H]1C(=O)Nc1ccccc1. The molecule has 1 saturated heterocycles. The van der Waals surface area contributed by atoms with Gasteiger partial charge < -0.3 is 10.2 Å². The second-order valence-electron chi connectivity index (χ2n) is 6.34. The number of pyridine rings is 1. The van der Waals surface area contributed by atoms with Crippen LogP contribution in [-0.4, -0.2) is 34.3 Å². The van der Waals surface area contributed by atoms with Gasteiger partial charge in [-0.3, -0.25) is 9.59 Å². The summed E-state index contributed by atoms with van der Waals surface area (Å²) in [5.41, 5.74) is -0.364. The lowest BCUT2D eigenvalue weighted by atomic mass is 10.1. The van der Waals surface area contributed by atoms with Crippen LogP contribution in [0.5, 0.6) is 0 Å². The number of alkyl halides is 3. The summed E-state index contributed by atoms with van der Waals surface area (Å²) in [6.45, 7) is 1.73. The van der Waals surface area contributed by atoms with Gasteiger partial charge >= 0.3 is 6.18 Å². The molecule has 0 radical (unpaired) electrons. The van der Waals surface area contributed by atoms with Crippen LogP contribution in [0.1, 0.15) is 34.6 Å². The summed E-state index contributed by atoms with van der Waals surface area (Å²) in [6, 6.07) is 10.1. The molecule has 0 spiro atoms. The first-order valence-electron chi connectivity index (χ1n) is 8.49. The minimum Gasteiger partial charge on any atom is -0.327 e. The number of carbonyl (C=O) groups excluding carboxylic acids is 2. The molecular weight excluding hydrogens is 359 g/mol. The first-order chi connectivity index (χ1) is 12.8. The number of halogens is 3. The number of carbonyl (C=O) groups is 2. The Morgan fingerprint density at radius 3 is 2.48 bits per heavy atom. The Morgan fingerprint density at radius 1 is 1.15 bits per heavy atom. The molecule has 1 aromatic carbocycles. The van der Waals surface area contributed by atoms with Crippen molar-refractivity contribution < 1.29 is 22.8 Å². The Morgan fingerprint density at radius 2 is 1.85 bits per heavy atom. The van der Waals surface area contributed by atoms with Crippen LogP contribution in [0.2, 0.25) is 0 Å². The second-order valence-corrected chi connectivity index (χ2v) is 6.34. The van der Waals surface area contributed by atoms with E-state index in [0.717, 1.165) is 12.1 Å². The van der Waals surface area contributed by atoms with Crippen LogP contribution in [0.4, 0.5) is 18.9 Å². The van der Waals surface area contributed by atoms with Gasteiger partial charge in [0.25, 0.3) is 5.91 Å². The van der Waals surface area contributed by atoms with Gasteiger partial charge in [-0.15, -0.1) is 0 Å². The lowest BCUT2D eigenvalue weighted by molar-refractivity contribution is -0.141. The van der Waals surface area contributed by atoms with Crippen LogP contribution < -0.4 is 5.32 Å². The number of benzene rings is 1. The summed E-state index contributed by atoms with van der Waals surface area (Å²) in [7, 11) is 0. The first-order valence-corrected chi connectivity index (χ1v) is 8.49. The summed E-state index contributed by atoms with van der Waals surface area (Å²) in [5, 5.41) is 2.77. The molecule has 2 amide bonds. The van der Waals surface area contributed by atoms with Crippen molar-refractivity contribution in [3.8, 4) is 0 Å². The van der Waals surface area contributed by atoms with Gasteiger partial charge in [0.2, 0.25) is 5.91 Å². The molecule has 2 aromatic rings. The number of nitrogens with zero attached hydrogens (tertiary/aromatic N) is 2. The zero-order valence-corrected chi connectivity index (χ0v) is 14.6. The number of aromatic nitrogens is 1. The van der Waals surface area contributed by atoms with E-state index in [2.05, 4.69) is 10.3 Å². The molecule has 0 unspecified atom stereocenters. The summed E-state index contributed by atoms with van der Waals surface area (Å²) in [6.07, 6.45) is -3.43. The average Bonchev–Trinajstić information content (AvgIpc) is 3.11. The van der Waals surface area contributed by atoms with Gasteiger partial charge in [-0.2, -0.15) is 13.2 Å². The first kappa shape index (κ1) is 18.9. The van der Waals surface area contributed by atoms with Crippen molar-refractivity contribution in [1.29, 1.82) is 0 Å². The maximum absolute atomic E-state index is 12.8. The van der Waals surface area contributed by atoms with E-state index < -0.39 is 23.8 Å². The predicted molar refractivity (Wildman–Crippen MR) is 93.1 cm³/mol. The van der Waals surface area contributed by atoms with E-state index in [1.165, 1.54) is 11.8 Å². The van der Waals surface area contributed by atoms with E-state index >= 15 is 0 Å². The van der Waals surface area contributed by atoms with Gasteiger partial charge in [-0.1, -0.05) is 18.2 Å². The fraction of sp³-hybridized carbons (Fsp3) is 0.316. The second kappa shape index (κ2) is 7.38. The van der Waals surface area contributed by atoms with Crippen molar-refractivity contribution in [2.45, 2.75) is 32.0 Å². The Balaban J connectivity index is 1.78. The number of rotatable bonds is 3. The van der Waals surface area contributed by atoms with Crippen LogP contribution in [-0.2, 0) is 11.0 Å². The largest absolute Gasteiger partial charge is 0.433 e. The minimum absolute atomic E-state index is 0.0102. The fourth-order valence-corrected chi connectivity index (χ4v) is 3.13. The number of nitrogens with one attached hydrogen (secondary N) is 1. The highest BCUT2D eigenvalue weighted by Gasteiger charge is 2.37. The molecule has 1 aliphatic heterocycles. The van der Waals surface area contributed by atoms with Crippen molar-refractivity contribution in [3.63, 3.8) is 0 Å². The number of para-hydroxylation sites is 1. The molecule has 8 heteroatoms. The van der Waals surface area contributed by atoms with Gasteiger partial charge in [-0.25, -0.2) is 4.98 Å². The van der Waals surface area contributed by atoms with Crippen LogP contribution >= 0.6 is 0 Å². The van der Waals surface area contributed by atoms with E-state index in [1.807, 2.05) is 6.07 Å².